The summed E-state index contributed by atoms with van der Waals surface area (Å²) < 4.78 is 19.6. The van der Waals surface area contributed by atoms with Gasteiger partial charge in [0.25, 0.3) is 5.91 Å². The second kappa shape index (κ2) is 9.50. The van der Waals surface area contributed by atoms with E-state index in [0.29, 0.717) is 31.9 Å². The van der Waals surface area contributed by atoms with Crippen molar-refractivity contribution in [1.29, 1.82) is 0 Å². The first-order chi connectivity index (χ1) is 15.4. The zero-order valence-corrected chi connectivity index (χ0v) is 18.2. The van der Waals surface area contributed by atoms with Crippen molar-refractivity contribution in [3.8, 4) is 11.3 Å². The molecule has 1 aromatic heterocycles. The number of carbonyl (C=O) groups is 2. The van der Waals surface area contributed by atoms with Gasteiger partial charge in [-0.25, -0.2) is 4.39 Å². The fourth-order valence-corrected chi connectivity index (χ4v) is 3.96. The molecule has 1 saturated heterocycles. The first-order valence-electron chi connectivity index (χ1n) is 10.2. The number of nitrogens with zero attached hydrogens (tertiary/aromatic N) is 3. The normalized spacial score (nSPS) is 14.4. The van der Waals surface area contributed by atoms with Crippen molar-refractivity contribution in [2.24, 2.45) is 0 Å². The molecule has 1 aliphatic heterocycles. The van der Waals surface area contributed by atoms with Gasteiger partial charge < -0.3 is 14.7 Å². The quantitative estimate of drug-likeness (QED) is 0.631. The predicted molar refractivity (Wildman–Crippen MR) is 119 cm³/mol. The van der Waals surface area contributed by atoms with Crippen molar-refractivity contribution in [2.75, 3.05) is 38.0 Å². The molecule has 2 heterocycles. The van der Waals surface area contributed by atoms with Gasteiger partial charge in [0.1, 0.15) is 22.8 Å². The maximum atomic E-state index is 14.4. The number of nitrogens with one attached hydrogen (secondary N) is 1. The molecule has 166 valence electrons. The molecule has 0 spiro atoms. The van der Waals surface area contributed by atoms with Gasteiger partial charge in [-0.1, -0.05) is 41.0 Å². The number of hydrogen-bond acceptors (Lipinski definition) is 5. The van der Waals surface area contributed by atoms with Crippen molar-refractivity contribution in [3.05, 3.63) is 70.7 Å². The van der Waals surface area contributed by atoms with Gasteiger partial charge in [0.15, 0.2) is 0 Å². The summed E-state index contributed by atoms with van der Waals surface area (Å²) in [7, 11) is 0. The minimum Gasteiger partial charge on any atom is -0.360 e. The van der Waals surface area contributed by atoms with Gasteiger partial charge in [-0.15, -0.1) is 0 Å². The Labute approximate surface area is 189 Å². The van der Waals surface area contributed by atoms with E-state index >= 15 is 0 Å². The van der Waals surface area contributed by atoms with Gasteiger partial charge in [-0.05, 0) is 31.2 Å². The number of amides is 2. The van der Waals surface area contributed by atoms with E-state index in [0.717, 1.165) is 5.69 Å². The van der Waals surface area contributed by atoms with Gasteiger partial charge in [0.2, 0.25) is 5.91 Å². The van der Waals surface area contributed by atoms with E-state index in [2.05, 4.69) is 10.5 Å². The van der Waals surface area contributed by atoms with Crippen molar-refractivity contribution >= 4 is 29.1 Å². The zero-order valence-electron chi connectivity index (χ0n) is 17.5. The Kier molecular flexibility index (Phi) is 6.53. The lowest BCUT2D eigenvalue weighted by molar-refractivity contribution is -0.117. The summed E-state index contributed by atoms with van der Waals surface area (Å²) in [6.45, 7) is 3.77. The lowest BCUT2D eigenvalue weighted by Gasteiger charge is -2.34. The third kappa shape index (κ3) is 4.66. The zero-order chi connectivity index (χ0) is 22.7. The SMILES string of the molecule is Cc1onc(-c2c(F)cccc2Cl)c1C(=O)N1CCN(CC(=O)Nc2ccccc2)CC1. The summed E-state index contributed by atoms with van der Waals surface area (Å²) in [5.41, 5.74) is 1.09. The number of halogens is 2. The molecule has 3 aromatic rings. The number of aryl methyl sites for hydroxylation is 1. The van der Waals surface area contributed by atoms with E-state index in [4.69, 9.17) is 16.1 Å². The van der Waals surface area contributed by atoms with Crippen LogP contribution >= 0.6 is 11.6 Å². The summed E-state index contributed by atoms with van der Waals surface area (Å²) >= 11 is 6.17. The van der Waals surface area contributed by atoms with Crippen molar-refractivity contribution < 1.29 is 18.5 Å². The number of carbonyl (C=O) groups excluding carboxylic acids is 2. The molecule has 0 aliphatic carbocycles. The molecule has 9 heteroatoms. The van der Waals surface area contributed by atoms with Crippen LogP contribution in [0.2, 0.25) is 5.02 Å². The largest absolute Gasteiger partial charge is 0.360 e. The van der Waals surface area contributed by atoms with Gasteiger partial charge in [-0.2, -0.15) is 0 Å². The number of para-hydroxylation sites is 1. The molecule has 1 aliphatic rings. The standard InChI is InChI=1S/C23H22ClFN4O3/c1-15-20(22(27-32-15)21-17(24)8-5-9-18(21)25)23(31)29-12-10-28(11-13-29)14-19(30)26-16-6-3-2-4-7-16/h2-9H,10-14H2,1H3,(H,26,30). The second-order valence-corrected chi connectivity index (χ2v) is 7.95. The molecule has 0 unspecified atom stereocenters. The maximum absolute atomic E-state index is 14.4. The van der Waals surface area contributed by atoms with Crippen LogP contribution < -0.4 is 5.32 Å². The Balaban J connectivity index is 1.41. The highest BCUT2D eigenvalue weighted by Crippen LogP contribution is 2.34. The molecule has 2 aromatic carbocycles. The molecule has 1 fully saturated rings. The number of piperazine rings is 1. The van der Waals surface area contributed by atoms with E-state index in [1.807, 2.05) is 35.2 Å². The molecule has 0 saturated carbocycles. The number of hydrogen-bond donors (Lipinski definition) is 1. The monoisotopic (exact) mass is 456 g/mol. The summed E-state index contributed by atoms with van der Waals surface area (Å²) in [5.74, 6) is -0.683. The van der Waals surface area contributed by atoms with Crippen LogP contribution in [0.25, 0.3) is 11.3 Å². The number of rotatable bonds is 5. The Morgan fingerprint density at radius 3 is 2.50 bits per heavy atom. The predicted octanol–water partition coefficient (Wildman–Crippen LogP) is 3.84. The highest BCUT2D eigenvalue weighted by atomic mass is 35.5. The van der Waals surface area contributed by atoms with Gasteiger partial charge in [-0.3, -0.25) is 14.5 Å². The third-order valence-corrected chi connectivity index (χ3v) is 5.68. The van der Waals surface area contributed by atoms with E-state index in [1.54, 1.807) is 11.8 Å². The van der Waals surface area contributed by atoms with Crippen LogP contribution in [0, 0.1) is 12.7 Å². The fourth-order valence-electron chi connectivity index (χ4n) is 3.71. The summed E-state index contributed by atoms with van der Waals surface area (Å²) in [6.07, 6.45) is 0. The van der Waals surface area contributed by atoms with E-state index in [9.17, 15) is 14.0 Å². The van der Waals surface area contributed by atoms with Crippen molar-refractivity contribution in [2.45, 2.75) is 6.92 Å². The van der Waals surface area contributed by atoms with Crippen LogP contribution in [0.15, 0.2) is 53.1 Å². The summed E-state index contributed by atoms with van der Waals surface area (Å²) in [5, 5.41) is 6.92. The number of anilines is 1. The van der Waals surface area contributed by atoms with Crippen LogP contribution in [-0.4, -0.2) is 59.5 Å². The Bertz CT molecular complexity index is 1110. The highest BCUT2D eigenvalue weighted by molar-refractivity contribution is 6.33. The fraction of sp³-hybridized carbons (Fsp3) is 0.261. The van der Waals surface area contributed by atoms with E-state index in [-0.39, 0.29) is 40.2 Å². The minimum atomic E-state index is -0.575. The average Bonchev–Trinajstić information content (AvgIpc) is 3.15. The molecule has 2 amide bonds. The highest BCUT2D eigenvalue weighted by Gasteiger charge is 2.30. The molecule has 7 nitrogen and oxygen atoms in total. The van der Waals surface area contributed by atoms with Gasteiger partial charge in [0, 0.05) is 31.9 Å². The first kappa shape index (κ1) is 22.0. The smallest absolute Gasteiger partial charge is 0.259 e. The average molecular weight is 457 g/mol. The molecule has 0 radical (unpaired) electrons. The minimum absolute atomic E-state index is 0.0468. The first-order valence-corrected chi connectivity index (χ1v) is 10.6. The van der Waals surface area contributed by atoms with Crippen molar-refractivity contribution in [1.82, 2.24) is 15.0 Å². The van der Waals surface area contributed by atoms with Crippen LogP contribution in [0.5, 0.6) is 0 Å². The summed E-state index contributed by atoms with van der Waals surface area (Å²) in [4.78, 5) is 29.2. The molecule has 1 N–H and O–H groups in total. The van der Waals surface area contributed by atoms with Crippen molar-refractivity contribution in [3.63, 3.8) is 0 Å². The Hall–Kier alpha value is -3.23. The molecular formula is C23H22ClFN4O3. The van der Waals surface area contributed by atoms with Crippen LogP contribution in [-0.2, 0) is 4.79 Å². The van der Waals surface area contributed by atoms with E-state index in [1.165, 1.54) is 18.2 Å². The van der Waals surface area contributed by atoms with Gasteiger partial charge in [0.05, 0.1) is 17.1 Å². The molecule has 0 bridgehead atoms. The number of benzene rings is 2. The van der Waals surface area contributed by atoms with Gasteiger partial charge >= 0.3 is 0 Å². The Morgan fingerprint density at radius 1 is 1.09 bits per heavy atom. The lowest BCUT2D eigenvalue weighted by atomic mass is 10.0. The number of aromatic nitrogens is 1. The summed E-state index contributed by atoms with van der Waals surface area (Å²) in [6, 6.07) is 13.5. The third-order valence-electron chi connectivity index (χ3n) is 5.36. The van der Waals surface area contributed by atoms with Crippen LogP contribution in [0.4, 0.5) is 10.1 Å². The molecule has 32 heavy (non-hydrogen) atoms. The van der Waals surface area contributed by atoms with Crippen LogP contribution in [0.3, 0.4) is 0 Å². The lowest BCUT2D eigenvalue weighted by Crippen LogP contribution is -2.50. The second-order valence-electron chi connectivity index (χ2n) is 7.54. The topological polar surface area (TPSA) is 78.7 Å². The Morgan fingerprint density at radius 2 is 1.81 bits per heavy atom. The van der Waals surface area contributed by atoms with E-state index < -0.39 is 5.82 Å². The maximum Gasteiger partial charge on any atom is 0.259 e. The van der Waals surface area contributed by atoms with Crippen LogP contribution in [0.1, 0.15) is 16.1 Å². The molecule has 0 atom stereocenters. The molecule has 4 rings (SSSR count). The molecular weight excluding hydrogens is 435 g/mol.